The lowest BCUT2D eigenvalue weighted by Gasteiger charge is -2.10. The third-order valence-electron chi connectivity index (χ3n) is 3.44. The fraction of sp³-hybridized carbons (Fsp3) is 0.263. The van der Waals surface area contributed by atoms with Crippen LogP contribution in [-0.2, 0) is 6.42 Å². The molecule has 0 aliphatic carbocycles. The van der Waals surface area contributed by atoms with E-state index >= 15 is 0 Å². The monoisotopic (exact) mass is 403 g/mol. The van der Waals surface area contributed by atoms with E-state index in [0.29, 0.717) is 12.1 Å². The van der Waals surface area contributed by atoms with Gasteiger partial charge < -0.3 is 16.0 Å². The number of anilines is 1. The Hall–Kier alpha value is -2.34. The molecule has 25 heavy (non-hydrogen) atoms. The average molecular weight is 404 g/mol. The van der Waals surface area contributed by atoms with Crippen molar-refractivity contribution in [1.82, 2.24) is 10.6 Å². The second-order valence-corrected chi connectivity index (χ2v) is 6.88. The van der Waals surface area contributed by atoms with E-state index in [1.807, 2.05) is 50.2 Å². The Labute approximate surface area is 156 Å². The van der Waals surface area contributed by atoms with E-state index in [9.17, 15) is 9.59 Å². The highest BCUT2D eigenvalue weighted by atomic mass is 79.9. The number of nitrogens with one attached hydrogen (secondary N) is 3. The second-order valence-electron chi connectivity index (χ2n) is 5.96. The molecule has 3 N–H and O–H groups in total. The molecule has 0 aromatic heterocycles. The summed E-state index contributed by atoms with van der Waals surface area (Å²) in [6, 6.07) is 14.8. The van der Waals surface area contributed by atoms with Crippen molar-refractivity contribution in [1.29, 1.82) is 0 Å². The summed E-state index contributed by atoms with van der Waals surface area (Å²) >= 11 is 3.35. The Morgan fingerprint density at radius 3 is 2.24 bits per heavy atom. The molecule has 132 valence electrons. The minimum atomic E-state index is -0.159. The molecule has 0 bridgehead atoms. The molecule has 0 fully saturated rings. The van der Waals surface area contributed by atoms with Gasteiger partial charge in [0, 0.05) is 28.3 Å². The summed E-state index contributed by atoms with van der Waals surface area (Å²) in [6.07, 6.45) is 0.729. The highest BCUT2D eigenvalue weighted by Gasteiger charge is 2.06. The smallest absolute Gasteiger partial charge is 0.314 e. The predicted octanol–water partition coefficient (Wildman–Crippen LogP) is 3.95. The van der Waals surface area contributed by atoms with Crippen LogP contribution in [0.1, 0.15) is 29.8 Å². The van der Waals surface area contributed by atoms with Crippen LogP contribution in [-0.4, -0.2) is 24.5 Å². The second kappa shape index (κ2) is 9.22. The number of urea groups is 1. The predicted molar refractivity (Wildman–Crippen MR) is 104 cm³/mol. The van der Waals surface area contributed by atoms with Crippen molar-refractivity contribution in [2.45, 2.75) is 26.3 Å². The van der Waals surface area contributed by atoms with Crippen molar-refractivity contribution < 1.29 is 9.59 Å². The Bertz CT molecular complexity index is 712. The van der Waals surface area contributed by atoms with Gasteiger partial charge >= 0.3 is 6.03 Å². The van der Waals surface area contributed by atoms with E-state index in [2.05, 4.69) is 31.9 Å². The first-order valence-electron chi connectivity index (χ1n) is 8.14. The molecule has 0 saturated heterocycles. The van der Waals surface area contributed by atoms with Gasteiger partial charge in [-0.3, -0.25) is 4.79 Å². The van der Waals surface area contributed by atoms with Crippen LogP contribution >= 0.6 is 15.9 Å². The molecule has 0 aliphatic rings. The van der Waals surface area contributed by atoms with E-state index in [1.165, 1.54) is 0 Å². The summed E-state index contributed by atoms with van der Waals surface area (Å²) in [5.74, 6) is -0.146. The molecule has 2 aromatic rings. The quantitative estimate of drug-likeness (QED) is 0.683. The zero-order valence-electron chi connectivity index (χ0n) is 14.3. The van der Waals surface area contributed by atoms with Crippen LogP contribution in [0.5, 0.6) is 0 Å². The minimum Gasteiger partial charge on any atom is -0.338 e. The Kier molecular flexibility index (Phi) is 7.01. The van der Waals surface area contributed by atoms with Gasteiger partial charge in [0.25, 0.3) is 5.91 Å². The van der Waals surface area contributed by atoms with E-state index in [4.69, 9.17) is 0 Å². The first-order chi connectivity index (χ1) is 11.9. The zero-order chi connectivity index (χ0) is 18.2. The third kappa shape index (κ3) is 6.58. The molecule has 3 amide bonds. The lowest BCUT2D eigenvalue weighted by atomic mass is 10.1. The fourth-order valence-corrected chi connectivity index (χ4v) is 2.46. The van der Waals surface area contributed by atoms with Crippen molar-refractivity contribution in [2.24, 2.45) is 0 Å². The van der Waals surface area contributed by atoms with E-state index in [0.717, 1.165) is 22.1 Å². The van der Waals surface area contributed by atoms with Crippen molar-refractivity contribution in [3.63, 3.8) is 0 Å². The van der Waals surface area contributed by atoms with Gasteiger partial charge in [-0.2, -0.15) is 0 Å². The van der Waals surface area contributed by atoms with Crippen LogP contribution < -0.4 is 16.0 Å². The van der Waals surface area contributed by atoms with Crippen molar-refractivity contribution >= 4 is 33.6 Å². The summed E-state index contributed by atoms with van der Waals surface area (Å²) in [5.41, 5.74) is 2.43. The number of benzene rings is 2. The van der Waals surface area contributed by atoms with Gasteiger partial charge in [-0.15, -0.1) is 0 Å². The molecular formula is C19H22BrN3O2. The van der Waals surface area contributed by atoms with Crippen molar-refractivity contribution in [3.05, 3.63) is 64.1 Å². The standard InChI is InChI=1S/C19H22BrN3O2/c1-13(2)22-19(25)21-12-11-14-3-9-17(10-4-14)23-18(24)15-5-7-16(20)8-6-15/h3-10,13H,11-12H2,1-2H3,(H,23,24)(H2,21,22,25). The van der Waals surface area contributed by atoms with Gasteiger partial charge in [-0.25, -0.2) is 4.79 Å². The molecule has 6 heteroatoms. The normalized spacial score (nSPS) is 10.4. The molecule has 2 aromatic carbocycles. The number of carbonyl (C=O) groups is 2. The summed E-state index contributed by atoms with van der Waals surface area (Å²) in [7, 11) is 0. The lowest BCUT2D eigenvalue weighted by Crippen LogP contribution is -2.40. The number of halogens is 1. The maximum absolute atomic E-state index is 12.2. The van der Waals surface area contributed by atoms with Crippen LogP contribution in [0.15, 0.2) is 53.0 Å². The van der Waals surface area contributed by atoms with Crippen LogP contribution in [0, 0.1) is 0 Å². The first kappa shape index (κ1) is 19.0. The molecule has 0 spiro atoms. The van der Waals surface area contributed by atoms with Gasteiger partial charge in [0.2, 0.25) is 0 Å². The number of rotatable bonds is 6. The van der Waals surface area contributed by atoms with Crippen LogP contribution in [0.3, 0.4) is 0 Å². The number of hydrogen-bond donors (Lipinski definition) is 3. The third-order valence-corrected chi connectivity index (χ3v) is 3.97. The highest BCUT2D eigenvalue weighted by molar-refractivity contribution is 9.10. The molecule has 2 rings (SSSR count). The average Bonchev–Trinajstić information content (AvgIpc) is 2.56. The van der Waals surface area contributed by atoms with E-state index in [-0.39, 0.29) is 18.0 Å². The summed E-state index contributed by atoms with van der Waals surface area (Å²) < 4.78 is 0.934. The largest absolute Gasteiger partial charge is 0.338 e. The number of hydrogen-bond acceptors (Lipinski definition) is 2. The van der Waals surface area contributed by atoms with E-state index in [1.54, 1.807) is 12.1 Å². The molecule has 0 heterocycles. The van der Waals surface area contributed by atoms with Gasteiger partial charge in [-0.05, 0) is 62.2 Å². The topological polar surface area (TPSA) is 70.2 Å². The van der Waals surface area contributed by atoms with Crippen molar-refractivity contribution in [2.75, 3.05) is 11.9 Å². The Morgan fingerprint density at radius 2 is 1.64 bits per heavy atom. The Morgan fingerprint density at radius 1 is 1.00 bits per heavy atom. The SMILES string of the molecule is CC(C)NC(=O)NCCc1ccc(NC(=O)c2ccc(Br)cc2)cc1. The zero-order valence-corrected chi connectivity index (χ0v) is 15.9. The maximum Gasteiger partial charge on any atom is 0.314 e. The minimum absolute atomic E-state index is 0.119. The van der Waals surface area contributed by atoms with Gasteiger partial charge in [-0.1, -0.05) is 28.1 Å². The lowest BCUT2D eigenvalue weighted by molar-refractivity contribution is 0.102. The molecule has 0 saturated carbocycles. The summed E-state index contributed by atoms with van der Waals surface area (Å²) in [5, 5.41) is 8.46. The summed E-state index contributed by atoms with van der Waals surface area (Å²) in [4.78, 5) is 23.7. The first-order valence-corrected chi connectivity index (χ1v) is 8.93. The van der Waals surface area contributed by atoms with E-state index < -0.39 is 0 Å². The van der Waals surface area contributed by atoms with Crippen molar-refractivity contribution in [3.8, 4) is 0 Å². The molecule has 5 nitrogen and oxygen atoms in total. The highest BCUT2D eigenvalue weighted by Crippen LogP contribution is 2.14. The summed E-state index contributed by atoms with van der Waals surface area (Å²) in [6.45, 7) is 4.39. The maximum atomic E-state index is 12.2. The van der Waals surface area contributed by atoms with Gasteiger partial charge in [0.05, 0.1) is 0 Å². The Balaban J connectivity index is 1.82. The molecule has 0 aliphatic heterocycles. The van der Waals surface area contributed by atoms with Crippen LogP contribution in [0.4, 0.5) is 10.5 Å². The van der Waals surface area contributed by atoms with Gasteiger partial charge in [0.15, 0.2) is 0 Å². The molecular weight excluding hydrogens is 382 g/mol. The van der Waals surface area contributed by atoms with Gasteiger partial charge in [0.1, 0.15) is 0 Å². The molecule has 0 atom stereocenters. The number of amides is 3. The number of carbonyl (C=O) groups excluding carboxylic acids is 2. The molecule has 0 radical (unpaired) electrons. The van der Waals surface area contributed by atoms with Crippen LogP contribution in [0.2, 0.25) is 0 Å². The fourth-order valence-electron chi connectivity index (χ4n) is 2.19. The van der Waals surface area contributed by atoms with Crippen LogP contribution in [0.25, 0.3) is 0 Å². The molecule has 0 unspecified atom stereocenters.